The number of nitrogens with two attached hydrogens (primary N) is 1. The fourth-order valence-electron chi connectivity index (χ4n) is 5.37. The zero-order valence-electron chi connectivity index (χ0n) is 18.5. The van der Waals surface area contributed by atoms with E-state index in [1.165, 1.54) is 10.1 Å². The third-order valence-electron chi connectivity index (χ3n) is 6.98. The smallest absolute Gasteiger partial charge is 0.402 e. The number of benzene rings is 1. The van der Waals surface area contributed by atoms with Crippen LogP contribution in [-0.2, 0) is 6.18 Å². The monoisotopic (exact) mass is 500 g/mol. The molecule has 3 atom stereocenters. The van der Waals surface area contributed by atoms with Crippen LogP contribution in [0.5, 0.6) is 0 Å². The van der Waals surface area contributed by atoms with E-state index in [2.05, 4.69) is 26.4 Å². The normalized spacial score (nSPS) is 25.1. The summed E-state index contributed by atoms with van der Waals surface area (Å²) in [4.78, 5) is 7.41. The number of anilines is 1. The Morgan fingerprint density at radius 1 is 1.31 bits per heavy atom. The van der Waals surface area contributed by atoms with Crippen LogP contribution in [0.3, 0.4) is 0 Å². The lowest BCUT2D eigenvalue weighted by molar-refractivity contribution is -0.137. The van der Waals surface area contributed by atoms with Gasteiger partial charge in [0.25, 0.3) is 0 Å². The van der Waals surface area contributed by atoms with Crippen LogP contribution in [0.25, 0.3) is 16.8 Å². The predicted molar refractivity (Wildman–Crippen MR) is 127 cm³/mol. The SMILES string of the molecule is CC(N)=CC(=S)N1CC2[C@H](Nc3nc4c(-c5cc(F)cc(C(F)(F)F)c5)cccn4n3)C3=CC32C1. The Balaban J connectivity index is 1.27. The molecule has 1 aromatic carbocycles. The van der Waals surface area contributed by atoms with Gasteiger partial charge in [0.15, 0.2) is 5.65 Å². The maximum atomic E-state index is 14.0. The standard InChI is InChI=1S/C24H20F4N6S/c1-12(29)5-19(35)33-10-18-20(17-9-23(17,18)11-33)30-22-31-21-16(3-2-4-34(21)32-22)13-6-14(24(26,27)28)8-15(25)7-13/h2-9,18,20H,10-11,29H2,1H3,(H,30,32)/t18?,20-,23?/m1/s1. The minimum atomic E-state index is -4.66. The average molecular weight is 501 g/mol. The van der Waals surface area contributed by atoms with Crippen molar-refractivity contribution >= 4 is 28.8 Å². The van der Waals surface area contributed by atoms with Gasteiger partial charge < -0.3 is 16.0 Å². The molecule has 0 amide bonds. The van der Waals surface area contributed by atoms with E-state index in [1.54, 1.807) is 31.3 Å². The third-order valence-corrected chi connectivity index (χ3v) is 7.36. The van der Waals surface area contributed by atoms with Crippen LogP contribution in [0.15, 0.2) is 60.0 Å². The van der Waals surface area contributed by atoms with Crippen molar-refractivity contribution in [2.75, 3.05) is 18.4 Å². The molecule has 3 N–H and O–H groups in total. The summed E-state index contributed by atoms with van der Waals surface area (Å²) in [6.45, 7) is 3.41. The summed E-state index contributed by atoms with van der Waals surface area (Å²) in [6.07, 6.45) is 1.04. The van der Waals surface area contributed by atoms with E-state index < -0.39 is 17.6 Å². The lowest BCUT2D eigenvalue weighted by atomic mass is 9.69. The van der Waals surface area contributed by atoms with E-state index in [0.717, 1.165) is 30.2 Å². The largest absolute Gasteiger partial charge is 0.416 e. The van der Waals surface area contributed by atoms with Crippen molar-refractivity contribution in [2.45, 2.75) is 19.1 Å². The quantitative estimate of drug-likeness (QED) is 0.240. The van der Waals surface area contributed by atoms with Gasteiger partial charge in [-0.05, 0) is 54.5 Å². The van der Waals surface area contributed by atoms with Gasteiger partial charge in [-0.1, -0.05) is 18.3 Å². The minimum Gasteiger partial charge on any atom is -0.402 e. The van der Waals surface area contributed by atoms with E-state index in [1.807, 2.05) is 0 Å². The second kappa shape index (κ2) is 7.27. The highest BCUT2D eigenvalue weighted by Crippen LogP contribution is 2.68. The van der Waals surface area contributed by atoms with Crippen molar-refractivity contribution in [3.05, 3.63) is 71.3 Å². The first-order chi connectivity index (χ1) is 16.5. The van der Waals surface area contributed by atoms with Crippen LogP contribution in [-0.4, -0.2) is 43.6 Å². The summed E-state index contributed by atoms with van der Waals surface area (Å²) >= 11 is 5.51. The lowest BCUT2D eigenvalue weighted by Gasteiger charge is -2.38. The molecule has 3 aromatic rings. The number of hydrogen-bond donors (Lipinski definition) is 2. The number of halogens is 4. The molecule has 1 spiro atoms. The molecule has 11 heteroatoms. The van der Waals surface area contributed by atoms with Crippen LogP contribution in [0.1, 0.15) is 12.5 Å². The number of nitrogens with one attached hydrogen (secondary N) is 1. The van der Waals surface area contributed by atoms with Crippen LogP contribution in [0.2, 0.25) is 0 Å². The Morgan fingerprint density at radius 3 is 2.86 bits per heavy atom. The van der Waals surface area contributed by atoms with Crippen molar-refractivity contribution in [2.24, 2.45) is 17.1 Å². The number of alkyl halides is 3. The zero-order valence-corrected chi connectivity index (χ0v) is 19.3. The number of aromatic nitrogens is 3. The summed E-state index contributed by atoms with van der Waals surface area (Å²) in [5, 5.41) is 7.83. The molecular formula is C24H20F4N6S. The fraction of sp³-hybridized carbons (Fsp3) is 0.292. The molecule has 3 aliphatic rings. The molecule has 2 unspecified atom stereocenters. The minimum absolute atomic E-state index is 0.0533. The summed E-state index contributed by atoms with van der Waals surface area (Å²) < 4.78 is 55.2. The van der Waals surface area contributed by atoms with E-state index in [4.69, 9.17) is 18.0 Å². The molecular weight excluding hydrogens is 480 g/mol. The van der Waals surface area contributed by atoms with Gasteiger partial charge in [0, 0.05) is 41.9 Å². The Labute approximate surface area is 203 Å². The van der Waals surface area contributed by atoms with Gasteiger partial charge in [0.2, 0.25) is 5.95 Å². The number of nitrogens with zero attached hydrogens (tertiary/aromatic N) is 4. The topological polar surface area (TPSA) is 71.5 Å². The Morgan fingerprint density at radius 2 is 2.11 bits per heavy atom. The number of pyridine rings is 1. The molecule has 2 aromatic heterocycles. The molecule has 6 nitrogen and oxygen atoms in total. The molecule has 35 heavy (non-hydrogen) atoms. The molecule has 1 saturated heterocycles. The van der Waals surface area contributed by atoms with Gasteiger partial charge >= 0.3 is 6.18 Å². The van der Waals surface area contributed by atoms with Crippen molar-refractivity contribution in [1.29, 1.82) is 0 Å². The van der Waals surface area contributed by atoms with Gasteiger partial charge in [-0.3, -0.25) is 0 Å². The van der Waals surface area contributed by atoms with E-state index in [0.29, 0.717) is 34.8 Å². The van der Waals surface area contributed by atoms with Crippen molar-refractivity contribution in [3.63, 3.8) is 0 Å². The van der Waals surface area contributed by atoms with Crippen molar-refractivity contribution in [3.8, 4) is 11.1 Å². The Hall–Kier alpha value is -3.47. The molecule has 6 rings (SSSR count). The summed E-state index contributed by atoms with van der Waals surface area (Å²) in [6, 6.07) is 5.76. The van der Waals surface area contributed by atoms with Crippen LogP contribution >= 0.6 is 12.2 Å². The molecule has 0 radical (unpaired) electrons. The maximum absolute atomic E-state index is 14.0. The highest BCUT2D eigenvalue weighted by molar-refractivity contribution is 7.80. The Kier molecular flexibility index (Phi) is 4.57. The Bertz CT molecular complexity index is 1450. The second-order valence-electron chi connectivity index (χ2n) is 9.33. The highest BCUT2D eigenvalue weighted by Gasteiger charge is 2.70. The van der Waals surface area contributed by atoms with Crippen molar-refractivity contribution in [1.82, 2.24) is 19.5 Å². The summed E-state index contributed by atoms with van der Waals surface area (Å²) in [7, 11) is 0. The van der Waals surface area contributed by atoms with Gasteiger partial charge in [-0.2, -0.15) is 18.2 Å². The predicted octanol–water partition coefficient (Wildman–Crippen LogP) is 4.40. The molecule has 180 valence electrons. The molecule has 1 saturated carbocycles. The van der Waals surface area contributed by atoms with Gasteiger partial charge in [0.05, 0.1) is 11.6 Å². The number of likely N-dealkylation sites (tertiary alicyclic amines) is 1. The molecule has 2 aliphatic carbocycles. The van der Waals surface area contributed by atoms with Crippen LogP contribution in [0, 0.1) is 17.2 Å². The van der Waals surface area contributed by atoms with Crippen LogP contribution < -0.4 is 11.1 Å². The van der Waals surface area contributed by atoms with E-state index >= 15 is 0 Å². The maximum Gasteiger partial charge on any atom is 0.416 e. The first-order valence-electron chi connectivity index (χ1n) is 11.0. The number of allylic oxidation sites excluding steroid dienone is 1. The number of fused-ring (bicyclic) bond motifs is 1. The summed E-state index contributed by atoms with van der Waals surface area (Å²) in [5.74, 6) is -0.301. The van der Waals surface area contributed by atoms with Gasteiger partial charge in [-0.15, -0.1) is 5.10 Å². The highest BCUT2D eigenvalue weighted by atomic mass is 32.1. The molecule has 2 fully saturated rings. The molecule has 1 aliphatic heterocycles. The molecule has 0 bridgehead atoms. The number of thiocarbonyl (C=S) groups is 1. The fourth-order valence-corrected chi connectivity index (χ4v) is 5.70. The van der Waals surface area contributed by atoms with Gasteiger partial charge in [-0.25, -0.2) is 8.91 Å². The van der Waals surface area contributed by atoms with E-state index in [9.17, 15) is 17.6 Å². The third kappa shape index (κ3) is 3.48. The second-order valence-corrected chi connectivity index (χ2v) is 9.75. The zero-order chi connectivity index (χ0) is 24.7. The van der Waals surface area contributed by atoms with Crippen LogP contribution in [0.4, 0.5) is 23.5 Å². The van der Waals surface area contributed by atoms with Crippen molar-refractivity contribution < 1.29 is 17.6 Å². The number of rotatable bonds is 4. The first-order valence-corrected chi connectivity index (χ1v) is 11.4. The summed E-state index contributed by atoms with van der Waals surface area (Å²) in [5.41, 5.74) is 7.51. The van der Waals surface area contributed by atoms with Gasteiger partial charge in [0.1, 0.15) is 10.8 Å². The average Bonchev–Trinajstić information content (AvgIpc) is 3.05. The first kappa shape index (κ1) is 22.0. The van der Waals surface area contributed by atoms with E-state index in [-0.39, 0.29) is 17.0 Å². The molecule has 3 heterocycles. The number of hydrogen-bond acceptors (Lipinski definition) is 5. The lowest BCUT2D eigenvalue weighted by Crippen LogP contribution is -2.46.